The highest BCUT2D eigenvalue weighted by Gasteiger charge is 2.19. The van der Waals surface area contributed by atoms with Crippen molar-refractivity contribution >= 4 is 54.1 Å². The van der Waals surface area contributed by atoms with Gasteiger partial charge in [-0.05, 0) is 45.1 Å². The minimum atomic E-state index is 1.19. The molecule has 0 N–H and O–H groups in total. The maximum atomic E-state index is 2.45. The van der Waals surface area contributed by atoms with Crippen molar-refractivity contribution in [3.63, 3.8) is 0 Å². The van der Waals surface area contributed by atoms with Crippen molar-refractivity contribution < 1.29 is 0 Å². The summed E-state index contributed by atoms with van der Waals surface area (Å²) >= 11 is 0. The smallest absolute Gasteiger partial charge is 0.0632 e. The predicted molar refractivity (Wildman–Crippen MR) is 133 cm³/mol. The maximum absolute atomic E-state index is 2.45. The number of hydrogen-bond donors (Lipinski definition) is 0. The molecule has 0 aliphatic heterocycles. The first-order valence-electron chi connectivity index (χ1n) is 10.7. The zero-order chi connectivity index (χ0) is 20.4. The summed E-state index contributed by atoms with van der Waals surface area (Å²) in [5.41, 5.74) is 3.73. The molecule has 1 nitrogen and oxygen atoms in total. The number of para-hydroxylation sites is 2. The van der Waals surface area contributed by atoms with Gasteiger partial charge in [-0.1, -0.05) is 97.1 Å². The molecule has 7 rings (SSSR count). The lowest BCUT2D eigenvalue weighted by molar-refractivity contribution is 1.19. The highest BCUT2D eigenvalue weighted by molar-refractivity contribution is 6.36. The Morgan fingerprint density at radius 1 is 0.387 bits per heavy atom. The lowest BCUT2D eigenvalue weighted by Gasteiger charge is -2.14. The van der Waals surface area contributed by atoms with Gasteiger partial charge in [0.15, 0.2) is 0 Å². The van der Waals surface area contributed by atoms with Crippen molar-refractivity contribution in [1.29, 1.82) is 0 Å². The molecule has 1 heterocycles. The molecule has 1 aromatic heterocycles. The molecule has 144 valence electrons. The van der Waals surface area contributed by atoms with E-state index in [1.165, 1.54) is 59.8 Å². The fraction of sp³-hybridized carbons (Fsp3) is 0. The molecule has 6 aromatic carbocycles. The third-order valence-corrected chi connectivity index (χ3v) is 6.54. The second-order valence-corrected chi connectivity index (χ2v) is 8.17. The summed E-state index contributed by atoms with van der Waals surface area (Å²) in [5.74, 6) is 0. The lowest BCUT2D eigenvalue weighted by atomic mass is 9.93. The van der Waals surface area contributed by atoms with Crippen LogP contribution in [0, 0.1) is 0 Å². The van der Waals surface area contributed by atoms with Crippen LogP contribution in [0.2, 0.25) is 0 Å². The van der Waals surface area contributed by atoms with Crippen LogP contribution < -0.4 is 0 Å². The molecule has 0 aliphatic rings. The first-order valence-corrected chi connectivity index (χ1v) is 10.7. The van der Waals surface area contributed by atoms with Crippen LogP contribution in [0.3, 0.4) is 0 Å². The van der Waals surface area contributed by atoms with Crippen molar-refractivity contribution in [1.82, 2.24) is 4.57 Å². The van der Waals surface area contributed by atoms with E-state index in [1.54, 1.807) is 0 Å². The minimum absolute atomic E-state index is 1.19. The van der Waals surface area contributed by atoms with Crippen molar-refractivity contribution in [2.75, 3.05) is 0 Å². The average molecular weight is 393 g/mol. The van der Waals surface area contributed by atoms with Gasteiger partial charge in [0.1, 0.15) is 0 Å². The Labute approximate surface area is 179 Å². The quantitative estimate of drug-likeness (QED) is 0.247. The van der Waals surface area contributed by atoms with Gasteiger partial charge in [-0.15, -0.1) is 0 Å². The summed E-state index contributed by atoms with van der Waals surface area (Å²) < 4.78 is 2.45. The van der Waals surface area contributed by atoms with E-state index in [4.69, 9.17) is 0 Å². The Bertz CT molecular complexity index is 1770. The first-order chi connectivity index (χ1) is 15.4. The molecule has 0 bridgehead atoms. The Morgan fingerprint density at radius 3 is 1.81 bits per heavy atom. The first kappa shape index (κ1) is 16.7. The zero-order valence-electron chi connectivity index (χ0n) is 16.9. The van der Waals surface area contributed by atoms with Crippen LogP contribution in [0.4, 0.5) is 0 Å². The molecule has 7 aromatic rings. The molecular formula is C30H19N. The average Bonchev–Trinajstić information content (AvgIpc) is 3.19. The number of fused-ring (bicyclic) bond motifs is 10. The zero-order valence-corrected chi connectivity index (χ0v) is 16.9. The Morgan fingerprint density at radius 2 is 0.968 bits per heavy atom. The van der Waals surface area contributed by atoms with Gasteiger partial charge in [-0.2, -0.15) is 0 Å². The number of rotatable bonds is 1. The van der Waals surface area contributed by atoms with Gasteiger partial charge in [0.05, 0.1) is 11.0 Å². The van der Waals surface area contributed by atoms with Crippen LogP contribution in [0.25, 0.3) is 59.8 Å². The van der Waals surface area contributed by atoms with E-state index < -0.39 is 0 Å². The predicted octanol–water partition coefficient (Wildman–Crippen LogP) is 8.24. The fourth-order valence-electron chi connectivity index (χ4n) is 5.28. The number of aromatic nitrogens is 1. The molecule has 0 atom stereocenters. The minimum Gasteiger partial charge on any atom is -0.309 e. The van der Waals surface area contributed by atoms with Crippen LogP contribution in [0.5, 0.6) is 0 Å². The second kappa shape index (κ2) is 6.20. The van der Waals surface area contributed by atoms with Gasteiger partial charge in [-0.3, -0.25) is 0 Å². The topological polar surface area (TPSA) is 4.93 Å². The van der Waals surface area contributed by atoms with Crippen molar-refractivity contribution in [3.05, 3.63) is 115 Å². The van der Waals surface area contributed by atoms with Gasteiger partial charge >= 0.3 is 0 Å². The van der Waals surface area contributed by atoms with Crippen LogP contribution >= 0.6 is 0 Å². The summed E-state index contributed by atoms with van der Waals surface area (Å²) in [5, 5.41) is 10.5. The van der Waals surface area contributed by atoms with E-state index in [9.17, 15) is 0 Å². The van der Waals surface area contributed by atoms with Gasteiger partial charge < -0.3 is 4.57 Å². The molecule has 0 unspecified atom stereocenters. The maximum Gasteiger partial charge on any atom is 0.0632 e. The SMILES string of the molecule is c1ccc(-n2c3ccccc3c3c4ccccc4c4ccc5ccccc5c4c32)cc1. The fourth-order valence-corrected chi connectivity index (χ4v) is 5.28. The van der Waals surface area contributed by atoms with E-state index in [0.29, 0.717) is 0 Å². The van der Waals surface area contributed by atoms with E-state index in [1.807, 2.05) is 0 Å². The van der Waals surface area contributed by atoms with Crippen LogP contribution in [0.1, 0.15) is 0 Å². The molecule has 0 saturated heterocycles. The van der Waals surface area contributed by atoms with E-state index in [0.717, 1.165) is 0 Å². The highest BCUT2D eigenvalue weighted by Crippen LogP contribution is 2.44. The summed E-state index contributed by atoms with van der Waals surface area (Å²) in [4.78, 5) is 0. The van der Waals surface area contributed by atoms with Gasteiger partial charge in [-0.25, -0.2) is 0 Å². The van der Waals surface area contributed by atoms with Crippen LogP contribution in [-0.4, -0.2) is 4.57 Å². The van der Waals surface area contributed by atoms with E-state index >= 15 is 0 Å². The monoisotopic (exact) mass is 393 g/mol. The summed E-state index contributed by atoms with van der Waals surface area (Å²) in [6.45, 7) is 0. The molecular weight excluding hydrogens is 374 g/mol. The molecule has 31 heavy (non-hydrogen) atoms. The van der Waals surface area contributed by atoms with Gasteiger partial charge in [0.25, 0.3) is 0 Å². The standard InChI is InChI=1S/C30H19N/c1-2-11-21(12-3-1)31-27-17-9-8-16-26(27)29-24-15-7-6-14-23(24)25-19-18-20-10-4-5-13-22(20)28(25)30(29)31/h1-19H. The summed E-state index contributed by atoms with van der Waals surface area (Å²) in [6.07, 6.45) is 0. The normalized spacial score (nSPS) is 11.9. The number of hydrogen-bond acceptors (Lipinski definition) is 0. The molecule has 0 aliphatic carbocycles. The Kier molecular flexibility index (Phi) is 3.33. The van der Waals surface area contributed by atoms with Crippen molar-refractivity contribution in [3.8, 4) is 5.69 Å². The lowest BCUT2D eigenvalue weighted by Crippen LogP contribution is -1.94. The number of nitrogens with zero attached hydrogens (tertiary/aromatic N) is 1. The van der Waals surface area contributed by atoms with Crippen molar-refractivity contribution in [2.45, 2.75) is 0 Å². The summed E-state index contributed by atoms with van der Waals surface area (Å²) in [7, 11) is 0. The molecule has 0 fully saturated rings. The Balaban J connectivity index is 1.92. The third kappa shape index (κ3) is 2.21. The van der Waals surface area contributed by atoms with Crippen molar-refractivity contribution in [2.24, 2.45) is 0 Å². The van der Waals surface area contributed by atoms with Gasteiger partial charge in [0.2, 0.25) is 0 Å². The molecule has 0 radical (unpaired) electrons. The largest absolute Gasteiger partial charge is 0.309 e. The van der Waals surface area contributed by atoms with Crippen LogP contribution in [-0.2, 0) is 0 Å². The second-order valence-electron chi connectivity index (χ2n) is 8.17. The summed E-state index contributed by atoms with van der Waals surface area (Å²) in [6, 6.07) is 41.7. The Hall–Kier alpha value is -4.10. The molecule has 0 amide bonds. The van der Waals surface area contributed by atoms with Crippen LogP contribution in [0.15, 0.2) is 115 Å². The molecule has 0 spiro atoms. The molecule has 0 saturated carbocycles. The highest BCUT2D eigenvalue weighted by atomic mass is 15.0. The van der Waals surface area contributed by atoms with E-state index in [-0.39, 0.29) is 0 Å². The molecule has 1 heteroatoms. The third-order valence-electron chi connectivity index (χ3n) is 6.54. The number of benzene rings is 6. The van der Waals surface area contributed by atoms with Gasteiger partial charge in [0, 0.05) is 21.8 Å². The van der Waals surface area contributed by atoms with E-state index in [2.05, 4.69) is 120 Å².